The summed E-state index contributed by atoms with van der Waals surface area (Å²) in [4.78, 5) is 17.0. The van der Waals surface area contributed by atoms with Crippen molar-refractivity contribution in [2.24, 2.45) is 0 Å². The van der Waals surface area contributed by atoms with Crippen molar-refractivity contribution < 1.29 is 28.3 Å². The van der Waals surface area contributed by atoms with Crippen LogP contribution in [-0.2, 0) is 18.6 Å². The van der Waals surface area contributed by atoms with Gasteiger partial charge in [-0.1, -0.05) is 12.2 Å². The molecule has 0 aromatic carbocycles. The monoisotopic (exact) mass is 252 g/mol. The minimum absolute atomic E-state index is 0.167. The highest BCUT2D eigenvalue weighted by molar-refractivity contribution is 7.46. The number of phosphoric acid groups is 1. The minimum atomic E-state index is -4.47. The number of ether oxygens (including phenoxy) is 2. The van der Waals surface area contributed by atoms with E-state index in [4.69, 9.17) is 19.3 Å². The first-order chi connectivity index (χ1) is 7.49. The predicted molar refractivity (Wildman–Crippen MR) is 58.9 cm³/mol. The van der Waals surface area contributed by atoms with Crippen LogP contribution in [0.2, 0.25) is 0 Å². The van der Waals surface area contributed by atoms with Crippen molar-refractivity contribution in [1.29, 1.82) is 0 Å². The molecule has 0 unspecified atom stereocenters. The summed E-state index contributed by atoms with van der Waals surface area (Å²) >= 11 is 0. The van der Waals surface area contributed by atoms with Gasteiger partial charge in [-0.2, -0.15) is 0 Å². The fraction of sp³-hybridized carbons (Fsp3) is 0.556. The summed E-state index contributed by atoms with van der Waals surface area (Å²) in [5.74, 6) is 0. The molecule has 94 valence electrons. The van der Waals surface area contributed by atoms with Gasteiger partial charge in [-0.3, -0.25) is 4.52 Å². The Morgan fingerprint density at radius 2 is 1.81 bits per heavy atom. The molecule has 16 heavy (non-hydrogen) atoms. The molecule has 0 bridgehead atoms. The van der Waals surface area contributed by atoms with E-state index in [1.807, 2.05) is 0 Å². The van der Waals surface area contributed by atoms with E-state index in [0.29, 0.717) is 6.61 Å². The SMILES string of the molecule is C=CCOC[C@H](COP(=O)(O)O)OCC=C. The van der Waals surface area contributed by atoms with Crippen LogP contribution in [-0.4, -0.2) is 42.3 Å². The van der Waals surface area contributed by atoms with Crippen LogP contribution in [0.3, 0.4) is 0 Å². The first-order valence-corrected chi connectivity index (χ1v) is 6.14. The van der Waals surface area contributed by atoms with Gasteiger partial charge in [0.15, 0.2) is 0 Å². The van der Waals surface area contributed by atoms with Crippen LogP contribution in [0, 0.1) is 0 Å². The summed E-state index contributed by atoms with van der Waals surface area (Å²) in [5.41, 5.74) is 0. The zero-order chi connectivity index (χ0) is 12.4. The van der Waals surface area contributed by atoms with Gasteiger partial charge < -0.3 is 19.3 Å². The summed E-state index contributed by atoms with van der Waals surface area (Å²) in [7, 11) is -4.47. The Bertz CT molecular complexity index is 248. The van der Waals surface area contributed by atoms with Crippen molar-refractivity contribution in [3.8, 4) is 0 Å². The van der Waals surface area contributed by atoms with Crippen LogP contribution in [0.5, 0.6) is 0 Å². The van der Waals surface area contributed by atoms with E-state index in [2.05, 4.69) is 17.7 Å². The summed E-state index contributed by atoms with van der Waals surface area (Å²) in [6, 6.07) is 0. The molecule has 0 heterocycles. The lowest BCUT2D eigenvalue weighted by molar-refractivity contribution is -0.0263. The second-order valence-electron chi connectivity index (χ2n) is 2.86. The number of rotatable bonds is 10. The van der Waals surface area contributed by atoms with Crippen LogP contribution >= 0.6 is 7.82 Å². The van der Waals surface area contributed by atoms with Crippen molar-refractivity contribution in [2.75, 3.05) is 26.4 Å². The Labute approximate surface area is 94.8 Å². The fourth-order valence-electron chi connectivity index (χ4n) is 0.812. The third kappa shape index (κ3) is 10.0. The van der Waals surface area contributed by atoms with E-state index in [1.165, 1.54) is 6.08 Å². The molecule has 0 saturated carbocycles. The number of hydrogen-bond donors (Lipinski definition) is 2. The van der Waals surface area contributed by atoms with Gasteiger partial charge in [0.25, 0.3) is 0 Å². The lowest BCUT2D eigenvalue weighted by Gasteiger charge is -2.17. The predicted octanol–water partition coefficient (Wildman–Crippen LogP) is 0.869. The zero-order valence-electron chi connectivity index (χ0n) is 8.95. The van der Waals surface area contributed by atoms with Crippen molar-refractivity contribution in [2.45, 2.75) is 6.10 Å². The molecule has 0 aliphatic heterocycles. The average molecular weight is 252 g/mol. The molecule has 0 fully saturated rings. The fourth-order valence-corrected chi connectivity index (χ4v) is 1.17. The highest BCUT2D eigenvalue weighted by Crippen LogP contribution is 2.35. The summed E-state index contributed by atoms with van der Waals surface area (Å²) in [6.45, 7) is 7.45. The molecule has 2 N–H and O–H groups in total. The molecule has 0 aliphatic carbocycles. The zero-order valence-corrected chi connectivity index (χ0v) is 9.84. The smallest absolute Gasteiger partial charge is 0.375 e. The first-order valence-electron chi connectivity index (χ1n) is 4.61. The molecule has 0 amide bonds. The van der Waals surface area contributed by atoms with E-state index in [-0.39, 0.29) is 19.8 Å². The Morgan fingerprint density at radius 1 is 1.19 bits per heavy atom. The maximum absolute atomic E-state index is 10.5. The third-order valence-electron chi connectivity index (χ3n) is 1.42. The molecule has 6 nitrogen and oxygen atoms in total. The molecular weight excluding hydrogens is 235 g/mol. The Kier molecular flexibility index (Phi) is 8.37. The molecule has 0 radical (unpaired) electrons. The van der Waals surface area contributed by atoms with E-state index < -0.39 is 13.9 Å². The van der Waals surface area contributed by atoms with Crippen LogP contribution in [0.1, 0.15) is 0 Å². The Balaban J connectivity index is 3.93. The topological polar surface area (TPSA) is 85.2 Å². The van der Waals surface area contributed by atoms with Gasteiger partial charge in [0.05, 0.1) is 26.4 Å². The minimum Gasteiger partial charge on any atom is -0.375 e. The van der Waals surface area contributed by atoms with Gasteiger partial charge in [-0.25, -0.2) is 4.57 Å². The highest BCUT2D eigenvalue weighted by Gasteiger charge is 2.18. The Morgan fingerprint density at radius 3 is 2.31 bits per heavy atom. The van der Waals surface area contributed by atoms with Crippen molar-refractivity contribution in [1.82, 2.24) is 0 Å². The maximum Gasteiger partial charge on any atom is 0.469 e. The average Bonchev–Trinajstić information content (AvgIpc) is 2.20. The standard InChI is InChI=1S/C9H17O6P/c1-3-5-13-7-9(14-6-4-2)8-15-16(10,11)12/h3-4,9H,1-2,5-8H2,(H2,10,11,12)/t9-/m1/s1. The number of hydrogen-bond acceptors (Lipinski definition) is 4. The number of phosphoric ester groups is 1. The van der Waals surface area contributed by atoms with Crippen molar-refractivity contribution in [3.63, 3.8) is 0 Å². The maximum atomic E-state index is 10.5. The normalized spacial score (nSPS) is 13.4. The third-order valence-corrected chi connectivity index (χ3v) is 1.90. The largest absolute Gasteiger partial charge is 0.469 e. The molecule has 1 atom stereocenters. The summed E-state index contributed by atoms with van der Waals surface area (Å²) in [6.07, 6.45) is 2.54. The van der Waals surface area contributed by atoms with Gasteiger partial charge in [-0.05, 0) is 0 Å². The van der Waals surface area contributed by atoms with Crippen molar-refractivity contribution >= 4 is 7.82 Å². The summed E-state index contributed by atoms with van der Waals surface area (Å²) < 4.78 is 25.1. The molecule has 0 saturated heterocycles. The molecular formula is C9H17O6P. The van der Waals surface area contributed by atoms with Crippen LogP contribution < -0.4 is 0 Å². The van der Waals surface area contributed by atoms with Crippen LogP contribution in [0.4, 0.5) is 0 Å². The molecule has 0 spiro atoms. The Hall–Kier alpha value is -0.490. The van der Waals surface area contributed by atoms with E-state index in [1.54, 1.807) is 6.08 Å². The van der Waals surface area contributed by atoms with Gasteiger partial charge in [-0.15, -0.1) is 13.2 Å². The molecule has 0 aromatic rings. The van der Waals surface area contributed by atoms with E-state index >= 15 is 0 Å². The molecule has 0 aliphatic rings. The second-order valence-corrected chi connectivity index (χ2v) is 4.10. The highest BCUT2D eigenvalue weighted by atomic mass is 31.2. The van der Waals surface area contributed by atoms with Gasteiger partial charge in [0.1, 0.15) is 6.10 Å². The van der Waals surface area contributed by atoms with Gasteiger partial charge >= 0.3 is 7.82 Å². The quantitative estimate of drug-likeness (QED) is 0.341. The second kappa shape index (κ2) is 8.64. The molecule has 0 aromatic heterocycles. The van der Waals surface area contributed by atoms with Crippen LogP contribution in [0.15, 0.2) is 25.3 Å². The summed E-state index contributed by atoms with van der Waals surface area (Å²) in [5, 5.41) is 0. The van der Waals surface area contributed by atoms with E-state index in [9.17, 15) is 4.57 Å². The first kappa shape index (κ1) is 15.5. The van der Waals surface area contributed by atoms with E-state index in [0.717, 1.165) is 0 Å². The lowest BCUT2D eigenvalue weighted by Crippen LogP contribution is -2.25. The molecule has 7 heteroatoms. The molecule has 0 rings (SSSR count). The van der Waals surface area contributed by atoms with Crippen LogP contribution in [0.25, 0.3) is 0 Å². The lowest BCUT2D eigenvalue weighted by atomic mass is 10.4. The van der Waals surface area contributed by atoms with Crippen molar-refractivity contribution in [3.05, 3.63) is 25.3 Å². The van der Waals surface area contributed by atoms with Gasteiger partial charge in [0.2, 0.25) is 0 Å². The van der Waals surface area contributed by atoms with Gasteiger partial charge in [0, 0.05) is 0 Å².